The van der Waals surface area contributed by atoms with Gasteiger partial charge in [0.05, 0.1) is 16.7 Å². The maximum atomic E-state index is 2.39. The fourth-order valence-electron chi connectivity index (χ4n) is 3.83. The second-order valence-electron chi connectivity index (χ2n) is 6.75. The number of fused-ring (bicyclic) bond motifs is 3. The van der Waals surface area contributed by atoms with E-state index in [4.69, 9.17) is 0 Å². The van der Waals surface area contributed by atoms with Crippen LogP contribution < -0.4 is 0 Å². The molecule has 0 amide bonds. The molecule has 26 heavy (non-hydrogen) atoms. The number of hydrogen-bond donors (Lipinski definition) is 0. The average molecular weight is 333 g/mol. The summed E-state index contributed by atoms with van der Waals surface area (Å²) in [5, 5.41) is 2.59. The van der Waals surface area contributed by atoms with Gasteiger partial charge in [0.1, 0.15) is 0 Å². The molecule has 0 spiro atoms. The van der Waals surface area contributed by atoms with E-state index in [1.807, 2.05) is 0 Å². The zero-order chi connectivity index (χ0) is 17.5. The summed E-state index contributed by atoms with van der Waals surface area (Å²) in [5.74, 6) is 0. The highest BCUT2D eigenvalue weighted by Gasteiger charge is 2.14. The van der Waals surface area contributed by atoms with E-state index >= 15 is 0 Å². The molecule has 124 valence electrons. The molecular formula is C25H19N. The van der Waals surface area contributed by atoms with Crippen LogP contribution in [0.5, 0.6) is 0 Å². The standard InChI is InChI=1S/C25H19N/c1-18-14-16-19(17-15-18)20-8-2-5-11-23(20)26-24-12-6-3-9-21(24)22-10-4-7-13-25(22)26/h2-17H,1H3. The van der Waals surface area contributed by atoms with Crippen LogP contribution in [-0.2, 0) is 0 Å². The zero-order valence-corrected chi connectivity index (χ0v) is 14.7. The first-order valence-electron chi connectivity index (χ1n) is 8.97. The van der Waals surface area contributed by atoms with Crippen LogP contribution in [-0.4, -0.2) is 4.57 Å². The van der Waals surface area contributed by atoms with Crippen molar-refractivity contribution in [2.24, 2.45) is 0 Å². The molecule has 1 aromatic heterocycles. The van der Waals surface area contributed by atoms with Crippen LogP contribution in [0.4, 0.5) is 0 Å². The Labute approximate surface area is 153 Å². The molecule has 1 heterocycles. The molecule has 0 bridgehead atoms. The van der Waals surface area contributed by atoms with Crippen molar-refractivity contribution in [1.29, 1.82) is 0 Å². The highest BCUT2D eigenvalue weighted by Crippen LogP contribution is 2.35. The molecule has 0 atom stereocenters. The number of hydrogen-bond acceptors (Lipinski definition) is 0. The maximum absolute atomic E-state index is 2.39. The molecule has 4 aromatic carbocycles. The number of para-hydroxylation sites is 3. The van der Waals surface area contributed by atoms with Crippen LogP contribution in [0.3, 0.4) is 0 Å². The minimum absolute atomic E-state index is 1.22. The lowest BCUT2D eigenvalue weighted by Crippen LogP contribution is -1.96. The van der Waals surface area contributed by atoms with Gasteiger partial charge in [-0.3, -0.25) is 0 Å². The van der Waals surface area contributed by atoms with E-state index in [1.54, 1.807) is 0 Å². The Morgan fingerprint density at radius 3 is 1.73 bits per heavy atom. The minimum atomic E-state index is 1.22. The third-order valence-corrected chi connectivity index (χ3v) is 5.09. The number of aryl methyl sites for hydroxylation is 1. The van der Waals surface area contributed by atoms with Crippen LogP contribution >= 0.6 is 0 Å². The molecule has 0 aliphatic carbocycles. The lowest BCUT2D eigenvalue weighted by molar-refractivity contribution is 1.18. The van der Waals surface area contributed by atoms with Gasteiger partial charge in [-0.05, 0) is 30.7 Å². The van der Waals surface area contributed by atoms with Crippen molar-refractivity contribution in [1.82, 2.24) is 4.57 Å². The fraction of sp³-hybridized carbons (Fsp3) is 0.0400. The Hall–Kier alpha value is -3.32. The summed E-state index contributed by atoms with van der Waals surface area (Å²) >= 11 is 0. The predicted molar refractivity (Wildman–Crippen MR) is 111 cm³/mol. The number of nitrogens with zero attached hydrogens (tertiary/aromatic N) is 1. The van der Waals surface area contributed by atoms with Gasteiger partial charge in [0.15, 0.2) is 0 Å². The Bertz CT molecular complexity index is 1170. The summed E-state index contributed by atoms with van der Waals surface area (Å²) in [6.45, 7) is 2.13. The van der Waals surface area contributed by atoms with Crippen molar-refractivity contribution in [2.75, 3.05) is 0 Å². The van der Waals surface area contributed by atoms with Gasteiger partial charge in [-0.1, -0.05) is 84.4 Å². The second-order valence-corrected chi connectivity index (χ2v) is 6.75. The first-order chi connectivity index (χ1) is 12.8. The molecule has 0 unspecified atom stereocenters. The molecule has 0 saturated carbocycles. The average Bonchev–Trinajstić information content (AvgIpc) is 3.03. The summed E-state index contributed by atoms with van der Waals surface area (Å²) in [6.07, 6.45) is 0. The highest BCUT2D eigenvalue weighted by atomic mass is 15.0. The van der Waals surface area contributed by atoms with E-state index < -0.39 is 0 Å². The van der Waals surface area contributed by atoms with Crippen LogP contribution in [0, 0.1) is 6.92 Å². The van der Waals surface area contributed by atoms with E-state index in [2.05, 4.69) is 109 Å². The van der Waals surface area contributed by atoms with E-state index in [0.29, 0.717) is 0 Å². The predicted octanol–water partition coefficient (Wildman–Crippen LogP) is 6.76. The number of aromatic nitrogens is 1. The quantitative estimate of drug-likeness (QED) is 0.336. The highest BCUT2D eigenvalue weighted by molar-refractivity contribution is 6.09. The van der Waals surface area contributed by atoms with Gasteiger partial charge < -0.3 is 4.57 Å². The number of rotatable bonds is 2. The van der Waals surface area contributed by atoms with Crippen molar-refractivity contribution in [3.63, 3.8) is 0 Å². The van der Waals surface area contributed by atoms with Gasteiger partial charge in [-0.2, -0.15) is 0 Å². The SMILES string of the molecule is Cc1ccc(-c2ccccc2-n2c3ccccc3c3ccccc32)cc1. The number of benzene rings is 4. The summed E-state index contributed by atoms with van der Waals surface area (Å²) in [4.78, 5) is 0. The molecular weight excluding hydrogens is 314 g/mol. The van der Waals surface area contributed by atoms with Gasteiger partial charge in [0.2, 0.25) is 0 Å². The molecule has 0 aliphatic rings. The maximum Gasteiger partial charge on any atom is 0.0541 e. The van der Waals surface area contributed by atoms with Gasteiger partial charge >= 0.3 is 0 Å². The third kappa shape index (κ3) is 2.25. The van der Waals surface area contributed by atoms with Gasteiger partial charge in [-0.25, -0.2) is 0 Å². The Kier molecular flexibility index (Phi) is 3.39. The van der Waals surface area contributed by atoms with Crippen molar-refractivity contribution in [3.05, 3.63) is 103 Å². The summed E-state index contributed by atoms with van der Waals surface area (Å²) in [7, 11) is 0. The van der Waals surface area contributed by atoms with Gasteiger partial charge in [0, 0.05) is 16.3 Å². The largest absolute Gasteiger partial charge is 0.309 e. The van der Waals surface area contributed by atoms with Crippen molar-refractivity contribution >= 4 is 21.8 Å². The van der Waals surface area contributed by atoms with Gasteiger partial charge in [-0.15, -0.1) is 0 Å². The molecule has 0 N–H and O–H groups in total. The molecule has 0 fully saturated rings. The van der Waals surface area contributed by atoms with Crippen molar-refractivity contribution in [3.8, 4) is 16.8 Å². The van der Waals surface area contributed by atoms with Gasteiger partial charge in [0.25, 0.3) is 0 Å². The minimum Gasteiger partial charge on any atom is -0.309 e. The monoisotopic (exact) mass is 333 g/mol. The first-order valence-corrected chi connectivity index (χ1v) is 8.97. The normalized spacial score (nSPS) is 11.3. The third-order valence-electron chi connectivity index (χ3n) is 5.09. The van der Waals surface area contributed by atoms with Crippen molar-refractivity contribution in [2.45, 2.75) is 6.92 Å². The molecule has 1 heteroatoms. The van der Waals surface area contributed by atoms with E-state index in [9.17, 15) is 0 Å². The van der Waals surface area contributed by atoms with E-state index in [-0.39, 0.29) is 0 Å². The van der Waals surface area contributed by atoms with E-state index in [0.717, 1.165) is 0 Å². The summed E-state index contributed by atoms with van der Waals surface area (Å²) < 4.78 is 2.39. The molecule has 5 rings (SSSR count). The van der Waals surface area contributed by atoms with Crippen LogP contribution in [0.2, 0.25) is 0 Å². The van der Waals surface area contributed by atoms with Crippen LogP contribution in [0.1, 0.15) is 5.56 Å². The smallest absolute Gasteiger partial charge is 0.0541 e. The van der Waals surface area contributed by atoms with Crippen molar-refractivity contribution < 1.29 is 0 Å². The molecule has 0 aliphatic heterocycles. The lowest BCUT2D eigenvalue weighted by atomic mass is 10.0. The zero-order valence-electron chi connectivity index (χ0n) is 14.7. The molecule has 0 saturated heterocycles. The topological polar surface area (TPSA) is 4.93 Å². The van der Waals surface area contributed by atoms with Crippen LogP contribution in [0.25, 0.3) is 38.6 Å². The molecule has 0 radical (unpaired) electrons. The van der Waals surface area contributed by atoms with Crippen LogP contribution in [0.15, 0.2) is 97.1 Å². The Morgan fingerprint density at radius 2 is 1.08 bits per heavy atom. The molecule has 1 nitrogen and oxygen atoms in total. The lowest BCUT2D eigenvalue weighted by Gasteiger charge is -2.14. The fourth-order valence-corrected chi connectivity index (χ4v) is 3.83. The van der Waals surface area contributed by atoms with E-state index in [1.165, 1.54) is 44.2 Å². The Morgan fingerprint density at radius 1 is 0.538 bits per heavy atom. The summed E-state index contributed by atoms with van der Waals surface area (Å²) in [6, 6.07) is 34.8. The Balaban J connectivity index is 1.88. The summed E-state index contributed by atoms with van der Waals surface area (Å²) in [5.41, 5.74) is 7.48. The second kappa shape index (κ2) is 5.89. The molecule has 5 aromatic rings. The first kappa shape index (κ1) is 15.0.